The van der Waals surface area contributed by atoms with Gasteiger partial charge in [0.1, 0.15) is 6.10 Å². The summed E-state index contributed by atoms with van der Waals surface area (Å²) in [7, 11) is -4.44. The van der Waals surface area contributed by atoms with E-state index < -0.39 is 40.0 Å². The van der Waals surface area contributed by atoms with Crippen LogP contribution in [0.15, 0.2) is 24.3 Å². The summed E-state index contributed by atoms with van der Waals surface area (Å²) in [5.41, 5.74) is 0. The Labute approximate surface area is 258 Å². The average molecular weight is 616 g/mol. The number of amides is 1. The second kappa shape index (κ2) is 28.5. The maximum atomic E-state index is 12.5. The predicted molar refractivity (Wildman–Crippen MR) is 176 cm³/mol. The lowest BCUT2D eigenvalue weighted by Gasteiger charge is -2.22. The van der Waals surface area contributed by atoms with Crippen molar-refractivity contribution >= 4 is 16.0 Å². The maximum Gasteiger partial charge on any atom is 0.267 e. The van der Waals surface area contributed by atoms with E-state index in [9.17, 15) is 28.0 Å². The highest BCUT2D eigenvalue weighted by Crippen LogP contribution is 2.15. The van der Waals surface area contributed by atoms with Crippen molar-refractivity contribution in [2.24, 2.45) is 0 Å². The third-order valence-electron chi connectivity index (χ3n) is 7.74. The molecule has 0 aromatic heterocycles. The van der Waals surface area contributed by atoms with Gasteiger partial charge in [0.05, 0.1) is 17.9 Å². The van der Waals surface area contributed by atoms with E-state index in [-0.39, 0.29) is 6.42 Å². The van der Waals surface area contributed by atoms with E-state index in [0.717, 1.165) is 32.1 Å². The largest absolute Gasteiger partial charge is 0.387 e. The zero-order valence-electron chi connectivity index (χ0n) is 27.0. The standard InChI is InChI=1S/C34H65NO6S/c1-3-5-7-9-11-13-14-15-16-17-18-19-21-23-25-27-29-33(37)34(38)35-31(30-42(39,40)41)32(36)28-26-24-22-20-12-10-8-6-4-2/h12,20,26,28,31-33,36-37H,3-11,13-19,21-25,27,29-30H2,1-2H3,(H,35,38)(H,39,40,41)/b20-12+,28-26+. The molecule has 0 bridgehead atoms. The zero-order chi connectivity index (χ0) is 31.3. The highest BCUT2D eigenvalue weighted by molar-refractivity contribution is 7.85. The van der Waals surface area contributed by atoms with Gasteiger partial charge in [0.25, 0.3) is 10.1 Å². The molecular weight excluding hydrogens is 550 g/mol. The van der Waals surface area contributed by atoms with Crippen molar-refractivity contribution < 1.29 is 28.0 Å². The fourth-order valence-corrected chi connectivity index (χ4v) is 5.79. The van der Waals surface area contributed by atoms with Gasteiger partial charge < -0.3 is 15.5 Å². The van der Waals surface area contributed by atoms with Crippen molar-refractivity contribution in [3.05, 3.63) is 24.3 Å². The number of hydrogen-bond donors (Lipinski definition) is 4. The minimum atomic E-state index is -4.44. The molecule has 0 aliphatic carbocycles. The van der Waals surface area contributed by atoms with Crippen LogP contribution in [0, 0.1) is 0 Å². The number of aliphatic hydroxyl groups is 2. The number of unbranched alkanes of at least 4 members (excludes halogenated alkanes) is 19. The van der Waals surface area contributed by atoms with E-state index in [1.165, 1.54) is 102 Å². The average Bonchev–Trinajstić information content (AvgIpc) is 2.94. The molecule has 248 valence electrons. The molecule has 0 fully saturated rings. The number of carbonyl (C=O) groups excluding carboxylic acids is 1. The Kier molecular flexibility index (Phi) is 27.7. The van der Waals surface area contributed by atoms with Crippen molar-refractivity contribution in [2.45, 2.75) is 180 Å². The molecule has 0 aromatic carbocycles. The minimum Gasteiger partial charge on any atom is -0.387 e. The van der Waals surface area contributed by atoms with Gasteiger partial charge in [0.2, 0.25) is 5.91 Å². The summed E-state index contributed by atoms with van der Waals surface area (Å²) < 4.78 is 32.2. The third kappa shape index (κ3) is 27.6. The van der Waals surface area contributed by atoms with E-state index in [0.29, 0.717) is 12.8 Å². The van der Waals surface area contributed by atoms with Gasteiger partial charge in [0, 0.05) is 0 Å². The van der Waals surface area contributed by atoms with Gasteiger partial charge >= 0.3 is 0 Å². The fourth-order valence-electron chi connectivity index (χ4n) is 5.06. The molecule has 0 saturated carbocycles. The molecule has 7 nitrogen and oxygen atoms in total. The second-order valence-electron chi connectivity index (χ2n) is 11.9. The molecule has 0 aliphatic rings. The lowest BCUT2D eigenvalue weighted by molar-refractivity contribution is -0.130. The Bertz CT molecular complexity index is 783. The number of carbonyl (C=O) groups is 1. The highest BCUT2D eigenvalue weighted by Gasteiger charge is 2.27. The molecule has 4 N–H and O–H groups in total. The van der Waals surface area contributed by atoms with Crippen LogP contribution < -0.4 is 5.32 Å². The summed E-state index contributed by atoms with van der Waals surface area (Å²) in [4.78, 5) is 12.5. The SMILES string of the molecule is CCCCC/C=C/CC/C=C/C(O)C(CS(=O)(=O)O)NC(=O)C(O)CCCCCCCCCCCCCCCCCC. The molecule has 3 atom stereocenters. The first-order valence-electron chi connectivity index (χ1n) is 17.1. The number of hydrogen-bond acceptors (Lipinski definition) is 5. The van der Waals surface area contributed by atoms with E-state index >= 15 is 0 Å². The number of aliphatic hydroxyl groups excluding tert-OH is 2. The molecule has 0 spiro atoms. The van der Waals surface area contributed by atoms with Crippen molar-refractivity contribution in [2.75, 3.05) is 5.75 Å². The van der Waals surface area contributed by atoms with Gasteiger partial charge in [-0.3, -0.25) is 9.35 Å². The molecule has 8 heteroatoms. The highest BCUT2D eigenvalue weighted by atomic mass is 32.2. The van der Waals surface area contributed by atoms with Crippen LogP contribution in [0.5, 0.6) is 0 Å². The second-order valence-corrected chi connectivity index (χ2v) is 13.4. The van der Waals surface area contributed by atoms with E-state index in [4.69, 9.17) is 0 Å². The number of nitrogens with one attached hydrogen (secondary N) is 1. The molecule has 0 radical (unpaired) electrons. The van der Waals surface area contributed by atoms with Crippen LogP contribution in [0.1, 0.15) is 162 Å². The quantitative estimate of drug-likeness (QED) is 0.0367. The normalized spacial score (nSPS) is 14.5. The van der Waals surface area contributed by atoms with Crippen LogP contribution in [-0.4, -0.2) is 53.1 Å². The van der Waals surface area contributed by atoms with Gasteiger partial charge in [0.15, 0.2) is 0 Å². The van der Waals surface area contributed by atoms with Crippen LogP contribution in [0.25, 0.3) is 0 Å². The van der Waals surface area contributed by atoms with Crippen molar-refractivity contribution in [1.82, 2.24) is 5.32 Å². The lowest BCUT2D eigenvalue weighted by Crippen LogP contribution is -2.50. The third-order valence-corrected chi connectivity index (χ3v) is 8.52. The molecular formula is C34H65NO6S. The topological polar surface area (TPSA) is 124 Å². The first kappa shape index (κ1) is 40.8. The first-order valence-corrected chi connectivity index (χ1v) is 18.8. The van der Waals surface area contributed by atoms with Crippen LogP contribution in [-0.2, 0) is 14.9 Å². The molecule has 42 heavy (non-hydrogen) atoms. The number of rotatable bonds is 30. The van der Waals surface area contributed by atoms with Crippen LogP contribution in [0.3, 0.4) is 0 Å². The predicted octanol–water partition coefficient (Wildman–Crippen LogP) is 8.21. The first-order chi connectivity index (χ1) is 20.2. The molecule has 0 aromatic rings. The van der Waals surface area contributed by atoms with Crippen molar-refractivity contribution in [1.29, 1.82) is 0 Å². The summed E-state index contributed by atoms with van der Waals surface area (Å²) >= 11 is 0. The summed E-state index contributed by atoms with van der Waals surface area (Å²) in [5, 5.41) is 23.1. The Morgan fingerprint density at radius 1 is 0.643 bits per heavy atom. The van der Waals surface area contributed by atoms with Crippen molar-refractivity contribution in [3.63, 3.8) is 0 Å². The van der Waals surface area contributed by atoms with E-state index in [1.807, 2.05) is 0 Å². The zero-order valence-corrected chi connectivity index (χ0v) is 27.8. The molecule has 1 amide bonds. The summed E-state index contributed by atoms with van der Waals surface area (Å²) in [5.74, 6) is -1.56. The Hall–Kier alpha value is -1.22. The van der Waals surface area contributed by atoms with E-state index in [2.05, 4.69) is 31.3 Å². The molecule has 0 saturated heterocycles. The summed E-state index contributed by atoms with van der Waals surface area (Å²) in [6.45, 7) is 4.42. The molecule has 0 heterocycles. The lowest BCUT2D eigenvalue weighted by atomic mass is 10.0. The smallest absolute Gasteiger partial charge is 0.267 e. The van der Waals surface area contributed by atoms with E-state index in [1.54, 1.807) is 6.08 Å². The van der Waals surface area contributed by atoms with Crippen molar-refractivity contribution in [3.8, 4) is 0 Å². The van der Waals surface area contributed by atoms with Gasteiger partial charge in [-0.2, -0.15) is 8.42 Å². The molecule has 0 rings (SSSR count). The van der Waals surface area contributed by atoms with Gasteiger partial charge in [-0.05, 0) is 32.1 Å². The summed E-state index contributed by atoms with van der Waals surface area (Å²) in [6.07, 6.45) is 31.1. The van der Waals surface area contributed by atoms with Crippen LogP contribution in [0.4, 0.5) is 0 Å². The summed E-state index contributed by atoms with van der Waals surface area (Å²) in [6, 6.07) is -1.24. The molecule has 0 aliphatic heterocycles. The van der Waals surface area contributed by atoms with Gasteiger partial charge in [-0.15, -0.1) is 0 Å². The Morgan fingerprint density at radius 3 is 1.57 bits per heavy atom. The van der Waals surface area contributed by atoms with Gasteiger partial charge in [-0.25, -0.2) is 0 Å². The Balaban J connectivity index is 4.10. The maximum absolute atomic E-state index is 12.5. The van der Waals surface area contributed by atoms with Crippen LogP contribution in [0.2, 0.25) is 0 Å². The van der Waals surface area contributed by atoms with Crippen LogP contribution >= 0.6 is 0 Å². The number of allylic oxidation sites excluding steroid dienone is 3. The Morgan fingerprint density at radius 2 is 1.07 bits per heavy atom. The van der Waals surface area contributed by atoms with Gasteiger partial charge in [-0.1, -0.05) is 154 Å². The minimum absolute atomic E-state index is 0.277. The monoisotopic (exact) mass is 615 g/mol. The fraction of sp³-hybridized carbons (Fsp3) is 0.853. The molecule has 3 unspecified atom stereocenters.